The molecule has 0 fully saturated rings. The van der Waals surface area contributed by atoms with E-state index < -0.39 is 31.2 Å². The van der Waals surface area contributed by atoms with Gasteiger partial charge in [-0.15, -0.1) is 0 Å². The maximum absolute atomic E-state index is 8.52. The normalized spacial score (nSPS) is 9.16. The predicted octanol–water partition coefficient (Wildman–Crippen LogP) is -13.0. The van der Waals surface area contributed by atoms with Gasteiger partial charge in [-0.2, -0.15) is 0 Å². The molecule has 0 saturated carbocycles. The number of hydrogen-bond acceptors (Lipinski definition) is 12. The monoisotopic (exact) mass is 461 g/mol. The smallest absolute Gasteiger partial charge is 0.759 e. The van der Waals surface area contributed by atoms with Crippen LogP contribution in [0.1, 0.15) is 0 Å². The third-order valence-corrected chi connectivity index (χ3v) is 0. The summed E-state index contributed by atoms with van der Waals surface area (Å²) >= 11 is 0. The van der Waals surface area contributed by atoms with E-state index >= 15 is 0 Å². The number of rotatable bonds is 0. The maximum atomic E-state index is 8.52. The molecule has 0 heterocycles. The van der Waals surface area contributed by atoms with E-state index in [0.29, 0.717) is 0 Å². The molecule has 0 unspecified atom stereocenters. The Morgan fingerprint density at radius 1 is 0.421 bits per heavy atom. The fourth-order valence-electron chi connectivity index (χ4n) is 0. The summed E-state index contributed by atoms with van der Waals surface area (Å²) in [5.74, 6) is 0. The SMILES string of the molecule is O=S(=O)([O-])[O-].O=S(=O)([O-])[O-].O=S(=O)([O-])[O-].[Fe+3].[K+].[K+].[K+]. The zero-order valence-corrected chi connectivity index (χ0v) is 22.4. The zero-order chi connectivity index (χ0) is 13.5. The molecule has 0 aliphatic heterocycles. The molecule has 0 aromatic carbocycles. The summed E-state index contributed by atoms with van der Waals surface area (Å²) in [5.41, 5.74) is 0. The van der Waals surface area contributed by atoms with Crippen molar-refractivity contribution in [1.82, 2.24) is 0 Å². The van der Waals surface area contributed by atoms with Gasteiger partial charge in [0.2, 0.25) is 0 Å². The standard InChI is InChI=1S/Fe.3K.3H2O4S/c;;;;3*1-5(2,3)4/h;;;;3*(H2,1,2,3,4)/q+3;3*+1;;;/p-6. The van der Waals surface area contributed by atoms with Gasteiger partial charge < -0.3 is 27.3 Å². The van der Waals surface area contributed by atoms with Crippen molar-refractivity contribution in [3.05, 3.63) is 0 Å². The molecular formula is FeK3O12S3. The van der Waals surface area contributed by atoms with Gasteiger partial charge >= 0.3 is 171 Å². The molecule has 0 spiro atoms. The molecule has 101 valence electrons. The van der Waals surface area contributed by atoms with E-state index in [1.807, 2.05) is 0 Å². The Kier molecular flexibility index (Phi) is 48.8. The van der Waals surface area contributed by atoms with Gasteiger partial charge in [0, 0.05) is 31.2 Å². The minimum atomic E-state index is -5.17. The Labute approximate surface area is 248 Å². The molecule has 12 nitrogen and oxygen atoms in total. The second kappa shape index (κ2) is 21.1. The van der Waals surface area contributed by atoms with Crippen molar-refractivity contribution in [3.8, 4) is 0 Å². The third kappa shape index (κ3) is 402. The van der Waals surface area contributed by atoms with E-state index in [1.165, 1.54) is 0 Å². The Bertz CT molecular complexity index is 349. The molecule has 0 aliphatic carbocycles. The summed E-state index contributed by atoms with van der Waals surface area (Å²) in [5, 5.41) is 0. The van der Waals surface area contributed by atoms with Crippen molar-refractivity contribution >= 4 is 31.2 Å². The van der Waals surface area contributed by atoms with Gasteiger partial charge in [-0.1, -0.05) is 0 Å². The van der Waals surface area contributed by atoms with Crippen molar-refractivity contribution in [2.24, 2.45) is 0 Å². The van der Waals surface area contributed by atoms with Crippen LogP contribution in [-0.2, 0) is 48.3 Å². The summed E-state index contributed by atoms with van der Waals surface area (Å²) in [6.45, 7) is 0. The summed E-state index contributed by atoms with van der Waals surface area (Å²) in [6.07, 6.45) is 0. The summed E-state index contributed by atoms with van der Waals surface area (Å²) in [7, 11) is -15.5. The van der Waals surface area contributed by atoms with Crippen LogP contribution < -0.4 is 154 Å². The van der Waals surface area contributed by atoms with E-state index in [0.717, 1.165) is 0 Å². The molecule has 0 atom stereocenters. The van der Waals surface area contributed by atoms with Crippen LogP contribution in [0.5, 0.6) is 0 Å². The molecule has 0 aromatic heterocycles. The van der Waals surface area contributed by atoms with Gasteiger partial charge in [0.15, 0.2) is 0 Å². The van der Waals surface area contributed by atoms with Crippen LogP contribution in [0.3, 0.4) is 0 Å². The molecular weight excluding hydrogens is 461 g/mol. The second-order valence-corrected chi connectivity index (χ2v) is 3.67. The predicted molar refractivity (Wildman–Crippen MR) is 31.4 cm³/mol. The van der Waals surface area contributed by atoms with Crippen LogP contribution in [0.4, 0.5) is 0 Å². The molecule has 0 bridgehead atoms. The topological polar surface area (TPSA) is 241 Å². The first kappa shape index (κ1) is 43.9. The number of hydrogen-bond donors (Lipinski definition) is 0. The molecule has 0 aromatic rings. The molecule has 19 heteroatoms. The molecule has 0 N–H and O–H groups in total. The molecule has 0 aliphatic rings. The van der Waals surface area contributed by atoms with Crippen LogP contribution in [0.15, 0.2) is 0 Å². The van der Waals surface area contributed by atoms with E-state index in [1.54, 1.807) is 0 Å². The fraction of sp³-hybridized carbons (Fsp3) is 0. The van der Waals surface area contributed by atoms with E-state index in [-0.39, 0.29) is 171 Å². The Morgan fingerprint density at radius 2 is 0.421 bits per heavy atom. The average molecular weight is 461 g/mol. The second-order valence-electron chi connectivity index (χ2n) is 1.22. The van der Waals surface area contributed by atoms with E-state index in [9.17, 15) is 0 Å². The van der Waals surface area contributed by atoms with Crippen LogP contribution in [0.25, 0.3) is 0 Å². The van der Waals surface area contributed by atoms with E-state index in [4.69, 9.17) is 52.6 Å². The first-order valence-electron chi connectivity index (χ1n) is 2.00. The molecule has 0 rings (SSSR count). The first-order chi connectivity index (χ1) is 6.00. The Balaban J connectivity index is -0.0000000206. The Morgan fingerprint density at radius 3 is 0.421 bits per heavy atom. The van der Waals surface area contributed by atoms with Gasteiger partial charge in [-0.05, 0) is 0 Å². The quantitative estimate of drug-likeness (QED) is 0.185. The van der Waals surface area contributed by atoms with Gasteiger partial charge in [0.25, 0.3) is 0 Å². The van der Waals surface area contributed by atoms with Gasteiger partial charge in [0.05, 0.1) is 0 Å². The van der Waals surface area contributed by atoms with Gasteiger partial charge in [0.1, 0.15) is 0 Å². The minimum absolute atomic E-state index is 0. The summed E-state index contributed by atoms with van der Waals surface area (Å²) in [6, 6.07) is 0. The summed E-state index contributed by atoms with van der Waals surface area (Å²) in [4.78, 5) is 0. The van der Waals surface area contributed by atoms with Gasteiger partial charge in [-0.3, -0.25) is 25.3 Å². The zero-order valence-electron chi connectivity index (χ0n) is 9.48. The average Bonchev–Trinajstić information content (AvgIpc) is 1.41. The van der Waals surface area contributed by atoms with Crippen LogP contribution >= 0.6 is 0 Å². The molecule has 0 saturated heterocycles. The van der Waals surface area contributed by atoms with Crippen molar-refractivity contribution in [3.63, 3.8) is 0 Å². The van der Waals surface area contributed by atoms with Crippen molar-refractivity contribution in [2.45, 2.75) is 0 Å². The maximum Gasteiger partial charge on any atom is 3.00 e. The fourth-order valence-corrected chi connectivity index (χ4v) is 0. The summed E-state index contributed by atoms with van der Waals surface area (Å²) < 4.78 is 102. The van der Waals surface area contributed by atoms with Crippen LogP contribution in [-0.4, -0.2) is 52.6 Å². The third-order valence-electron chi connectivity index (χ3n) is 0. The van der Waals surface area contributed by atoms with Crippen molar-refractivity contribution in [1.29, 1.82) is 0 Å². The molecule has 0 amide bonds. The Hall–Kier alpha value is 5.04. The van der Waals surface area contributed by atoms with Crippen molar-refractivity contribution in [2.75, 3.05) is 0 Å². The first-order valence-corrected chi connectivity index (χ1v) is 6.00. The van der Waals surface area contributed by atoms with E-state index in [2.05, 4.69) is 0 Å². The van der Waals surface area contributed by atoms with Crippen molar-refractivity contribution < 1.29 is 224 Å². The largest absolute Gasteiger partial charge is 3.00 e. The molecule has 19 heavy (non-hydrogen) atoms. The molecule has 1 radical (unpaired) electrons. The van der Waals surface area contributed by atoms with Crippen LogP contribution in [0, 0.1) is 0 Å². The van der Waals surface area contributed by atoms with Gasteiger partial charge in [-0.25, -0.2) is 0 Å². The minimum Gasteiger partial charge on any atom is -0.759 e. The van der Waals surface area contributed by atoms with Crippen LogP contribution in [0.2, 0.25) is 0 Å².